The third kappa shape index (κ3) is 5.71. The average molecular weight is 406 g/mol. The third-order valence-corrected chi connectivity index (χ3v) is 7.53. The molecule has 6 heteroatoms. The van der Waals surface area contributed by atoms with Crippen LogP contribution in [0.25, 0.3) is 0 Å². The van der Waals surface area contributed by atoms with Crippen molar-refractivity contribution in [1.29, 1.82) is 0 Å². The quantitative estimate of drug-likeness (QED) is 0.539. The molecule has 1 atom stereocenters. The highest BCUT2D eigenvalue weighted by atomic mass is 32.1. The van der Waals surface area contributed by atoms with Crippen LogP contribution in [-0.2, 0) is 0 Å². The summed E-state index contributed by atoms with van der Waals surface area (Å²) in [6, 6.07) is 4.36. The maximum atomic E-state index is 5.10. The van der Waals surface area contributed by atoms with Gasteiger partial charge in [0.25, 0.3) is 0 Å². The molecule has 2 aliphatic heterocycles. The van der Waals surface area contributed by atoms with Gasteiger partial charge in [-0.1, -0.05) is 19.4 Å². The summed E-state index contributed by atoms with van der Waals surface area (Å²) in [5.74, 6) is 1.48. The van der Waals surface area contributed by atoms with Gasteiger partial charge in [0.05, 0.1) is 6.54 Å². The van der Waals surface area contributed by atoms with Crippen LogP contribution in [0.15, 0.2) is 22.5 Å². The van der Waals surface area contributed by atoms with Crippen molar-refractivity contribution in [2.45, 2.75) is 57.4 Å². The van der Waals surface area contributed by atoms with Crippen molar-refractivity contribution in [3.8, 4) is 0 Å². The van der Waals surface area contributed by atoms with E-state index >= 15 is 0 Å². The fourth-order valence-corrected chi connectivity index (χ4v) is 5.25. The Morgan fingerprint density at radius 3 is 2.57 bits per heavy atom. The molecule has 158 valence electrons. The lowest BCUT2D eigenvalue weighted by Gasteiger charge is -2.49. The van der Waals surface area contributed by atoms with Gasteiger partial charge in [-0.15, -0.1) is 11.3 Å². The molecule has 0 radical (unpaired) electrons. The van der Waals surface area contributed by atoms with Crippen molar-refractivity contribution in [2.24, 2.45) is 4.99 Å². The fourth-order valence-electron chi connectivity index (χ4n) is 4.47. The van der Waals surface area contributed by atoms with Crippen molar-refractivity contribution in [1.82, 2.24) is 20.4 Å². The van der Waals surface area contributed by atoms with Crippen LogP contribution in [0.1, 0.15) is 56.7 Å². The van der Waals surface area contributed by atoms with Crippen LogP contribution in [0, 0.1) is 0 Å². The van der Waals surface area contributed by atoms with Gasteiger partial charge >= 0.3 is 0 Å². The van der Waals surface area contributed by atoms with Crippen LogP contribution in [0.2, 0.25) is 0 Å². The van der Waals surface area contributed by atoms with E-state index in [-0.39, 0.29) is 5.54 Å². The first kappa shape index (κ1) is 21.6. The Balaban J connectivity index is 1.65. The third-order valence-electron chi connectivity index (χ3n) is 6.42. The zero-order chi connectivity index (χ0) is 19.8. The lowest BCUT2D eigenvalue weighted by atomic mass is 9.84. The summed E-state index contributed by atoms with van der Waals surface area (Å²) in [6.45, 7) is 12.0. The van der Waals surface area contributed by atoms with Gasteiger partial charge in [-0.05, 0) is 77.3 Å². The molecule has 2 aliphatic rings. The first-order chi connectivity index (χ1) is 13.6. The molecular formula is C22H39N5S. The van der Waals surface area contributed by atoms with Crippen LogP contribution in [0.5, 0.6) is 0 Å². The molecule has 0 aliphatic carbocycles. The van der Waals surface area contributed by atoms with E-state index in [0.29, 0.717) is 5.92 Å². The molecule has 1 unspecified atom stereocenters. The van der Waals surface area contributed by atoms with E-state index in [1.165, 1.54) is 63.2 Å². The maximum Gasteiger partial charge on any atom is 0.191 e. The molecule has 0 saturated carbocycles. The van der Waals surface area contributed by atoms with Gasteiger partial charge in [-0.25, -0.2) is 0 Å². The van der Waals surface area contributed by atoms with Crippen LogP contribution in [-0.4, -0.2) is 74.2 Å². The Kier molecular flexibility index (Phi) is 8.18. The van der Waals surface area contributed by atoms with Crippen molar-refractivity contribution < 1.29 is 0 Å². The summed E-state index contributed by atoms with van der Waals surface area (Å²) in [6.07, 6.45) is 6.55. The van der Waals surface area contributed by atoms with Gasteiger partial charge in [0, 0.05) is 29.4 Å². The Morgan fingerprint density at radius 2 is 1.93 bits per heavy atom. The number of aliphatic imine (C=N–C) groups is 1. The number of piperidine rings is 2. The van der Waals surface area contributed by atoms with E-state index in [2.05, 4.69) is 58.8 Å². The molecule has 2 fully saturated rings. The topological polar surface area (TPSA) is 42.9 Å². The van der Waals surface area contributed by atoms with Crippen LogP contribution < -0.4 is 10.6 Å². The maximum absolute atomic E-state index is 5.10. The Morgan fingerprint density at radius 1 is 1.18 bits per heavy atom. The smallest absolute Gasteiger partial charge is 0.191 e. The zero-order valence-electron chi connectivity index (χ0n) is 18.0. The minimum Gasteiger partial charge on any atom is -0.357 e. The summed E-state index contributed by atoms with van der Waals surface area (Å²) in [5.41, 5.74) is 0.245. The predicted octanol–water partition coefficient (Wildman–Crippen LogP) is 3.36. The second-order valence-corrected chi connectivity index (χ2v) is 9.55. The number of thiophene rings is 1. The van der Waals surface area contributed by atoms with Gasteiger partial charge in [0.1, 0.15) is 0 Å². The highest BCUT2D eigenvalue weighted by Crippen LogP contribution is 2.31. The Labute approximate surface area is 175 Å². The van der Waals surface area contributed by atoms with Gasteiger partial charge in [0.15, 0.2) is 5.96 Å². The predicted molar refractivity (Wildman–Crippen MR) is 122 cm³/mol. The largest absolute Gasteiger partial charge is 0.357 e. The molecular weight excluding hydrogens is 366 g/mol. The van der Waals surface area contributed by atoms with Crippen LogP contribution in [0.4, 0.5) is 0 Å². The zero-order valence-corrected chi connectivity index (χ0v) is 18.9. The first-order valence-electron chi connectivity index (χ1n) is 11.1. The molecule has 1 aromatic heterocycles. The van der Waals surface area contributed by atoms with E-state index in [1.807, 2.05) is 11.3 Å². The number of nitrogens with zero attached hydrogens (tertiary/aromatic N) is 3. The minimum atomic E-state index is 0.245. The SMILES string of the molecule is CCNC(=NCC1(N2CCCCC2)CCN(C)CC1)NCC(C)c1cccs1. The monoisotopic (exact) mass is 405 g/mol. The molecule has 3 heterocycles. The lowest BCUT2D eigenvalue weighted by molar-refractivity contribution is 0.0208. The Bertz CT molecular complexity index is 586. The molecule has 28 heavy (non-hydrogen) atoms. The highest BCUT2D eigenvalue weighted by Gasteiger charge is 2.39. The van der Waals surface area contributed by atoms with Gasteiger partial charge < -0.3 is 15.5 Å². The van der Waals surface area contributed by atoms with Crippen LogP contribution in [0.3, 0.4) is 0 Å². The molecule has 2 N–H and O–H groups in total. The number of guanidine groups is 1. The van der Waals surface area contributed by atoms with E-state index in [9.17, 15) is 0 Å². The van der Waals surface area contributed by atoms with E-state index in [0.717, 1.165) is 25.6 Å². The summed E-state index contributed by atoms with van der Waals surface area (Å²) >= 11 is 1.84. The van der Waals surface area contributed by atoms with Crippen molar-refractivity contribution in [3.63, 3.8) is 0 Å². The van der Waals surface area contributed by atoms with Crippen molar-refractivity contribution >= 4 is 17.3 Å². The van der Waals surface area contributed by atoms with Gasteiger partial charge in [-0.3, -0.25) is 9.89 Å². The number of rotatable bonds is 7. The van der Waals surface area contributed by atoms with Crippen molar-refractivity contribution in [2.75, 3.05) is 52.9 Å². The highest BCUT2D eigenvalue weighted by molar-refractivity contribution is 7.10. The summed E-state index contributed by atoms with van der Waals surface area (Å²) in [4.78, 5) is 11.8. The average Bonchev–Trinajstić information content (AvgIpc) is 3.27. The normalized spacial score (nSPS) is 22.8. The number of hydrogen-bond acceptors (Lipinski definition) is 4. The second kappa shape index (κ2) is 10.6. The first-order valence-corrected chi connectivity index (χ1v) is 12.0. The molecule has 1 aromatic rings. The standard InChI is InChI=1S/C22H39N5S/c1-4-23-21(24-17-19(2)20-9-8-16-28-20)25-18-22(10-14-26(3)15-11-22)27-12-6-5-7-13-27/h8-9,16,19H,4-7,10-15,17-18H2,1-3H3,(H2,23,24,25). The number of nitrogens with one attached hydrogen (secondary N) is 2. The molecule has 0 bridgehead atoms. The summed E-state index contributed by atoms with van der Waals surface area (Å²) in [7, 11) is 2.25. The molecule has 0 amide bonds. The summed E-state index contributed by atoms with van der Waals surface area (Å²) < 4.78 is 0. The number of hydrogen-bond donors (Lipinski definition) is 2. The van der Waals surface area contributed by atoms with Gasteiger partial charge in [-0.2, -0.15) is 0 Å². The molecule has 2 saturated heterocycles. The van der Waals surface area contributed by atoms with E-state index < -0.39 is 0 Å². The minimum absolute atomic E-state index is 0.245. The fraction of sp³-hybridized carbons (Fsp3) is 0.773. The molecule has 0 spiro atoms. The van der Waals surface area contributed by atoms with Crippen LogP contribution >= 0.6 is 11.3 Å². The van der Waals surface area contributed by atoms with Crippen molar-refractivity contribution in [3.05, 3.63) is 22.4 Å². The molecule has 5 nitrogen and oxygen atoms in total. The lowest BCUT2D eigenvalue weighted by Crippen LogP contribution is -2.58. The second-order valence-electron chi connectivity index (χ2n) is 8.57. The van der Waals surface area contributed by atoms with Gasteiger partial charge in [0.2, 0.25) is 0 Å². The number of likely N-dealkylation sites (tertiary alicyclic amines) is 2. The molecule has 3 rings (SSSR count). The molecule has 0 aromatic carbocycles. The van der Waals surface area contributed by atoms with E-state index in [1.54, 1.807) is 0 Å². The Hall–Kier alpha value is -1.11. The van der Waals surface area contributed by atoms with E-state index in [4.69, 9.17) is 4.99 Å². The summed E-state index contributed by atoms with van der Waals surface area (Å²) in [5, 5.41) is 9.22.